The zero-order chi connectivity index (χ0) is 13.3. The Morgan fingerprint density at radius 3 is 2.94 bits per heavy atom. The third-order valence-electron chi connectivity index (χ3n) is 3.19. The van der Waals surface area contributed by atoms with Crippen molar-refractivity contribution >= 4 is 37.3 Å². The number of nitrogens with one attached hydrogen (secondary N) is 1. The summed E-state index contributed by atoms with van der Waals surface area (Å²) in [6.45, 7) is 2.53. The van der Waals surface area contributed by atoms with Gasteiger partial charge in [0, 0.05) is 6.54 Å². The van der Waals surface area contributed by atoms with E-state index in [-0.39, 0.29) is 11.7 Å². The molecule has 1 unspecified atom stereocenters. The van der Waals surface area contributed by atoms with Crippen LogP contribution in [0.1, 0.15) is 12.0 Å². The highest BCUT2D eigenvalue weighted by atomic mass is 79.9. The maximum atomic E-state index is 11.3. The number of aromatic nitrogens is 1. The standard InChI is InChI=1S/C11H16BrN3O2S/c1-7-9(13)5-15-11(10(7)12)14-4-8-2-3-18(16,17)6-8/h5,8H,2-4,6,13H2,1H3,(H,14,15). The first-order chi connectivity index (χ1) is 8.39. The molecule has 0 saturated carbocycles. The molecule has 5 nitrogen and oxygen atoms in total. The normalized spacial score (nSPS) is 22.0. The van der Waals surface area contributed by atoms with Crippen LogP contribution in [0, 0.1) is 12.8 Å². The molecule has 7 heteroatoms. The highest BCUT2D eigenvalue weighted by Gasteiger charge is 2.27. The van der Waals surface area contributed by atoms with Crippen molar-refractivity contribution in [2.24, 2.45) is 5.92 Å². The van der Waals surface area contributed by atoms with E-state index in [1.807, 2.05) is 6.92 Å². The van der Waals surface area contributed by atoms with Crippen molar-refractivity contribution in [3.8, 4) is 0 Å². The van der Waals surface area contributed by atoms with Gasteiger partial charge < -0.3 is 11.1 Å². The van der Waals surface area contributed by atoms with E-state index in [9.17, 15) is 8.42 Å². The van der Waals surface area contributed by atoms with Crippen LogP contribution in [0.25, 0.3) is 0 Å². The predicted molar refractivity (Wildman–Crippen MR) is 76.3 cm³/mol. The Morgan fingerprint density at radius 1 is 1.61 bits per heavy atom. The summed E-state index contributed by atoms with van der Waals surface area (Å²) in [6.07, 6.45) is 2.33. The average molecular weight is 334 g/mol. The van der Waals surface area contributed by atoms with Gasteiger partial charge in [0.05, 0.1) is 27.9 Å². The van der Waals surface area contributed by atoms with E-state index in [0.717, 1.165) is 16.5 Å². The Labute approximate surface area is 115 Å². The van der Waals surface area contributed by atoms with Gasteiger partial charge >= 0.3 is 0 Å². The number of nitrogens with zero attached hydrogens (tertiary/aromatic N) is 1. The average Bonchev–Trinajstić information content (AvgIpc) is 2.65. The van der Waals surface area contributed by atoms with Gasteiger partial charge in [-0.25, -0.2) is 13.4 Å². The van der Waals surface area contributed by atoms with Gasteiger partial charge in [-0.1, -0.05) is 0 Å². The SMILES string of the molecule is Cc1c(N)cnc(NCC2CCS(=O)(=O)C2)c1Br. The topological polar surface area (TPSA) is 85.1 Å². The number of pyridine rings is 1. The molecule has 3 N–H and O–H groups in total. The highest BCUT2D eigenvalue weighted by Crippen LogP contribution is 2.28. The van der Waals surface area contributed by atoms with Gasteiger partial charge in [0.15, 0.2) is 9.84 Å². The molecule has 1 atom stereocenters. The lowest BCUT2D eigenvalue weighted by atomic mass is 10.1. The lowest BCUT2D eigenvalue weighted by Crippen LogP contribution is -2.16. The van der Waals surface area contributed by atoms with Crippen molar-refractivity contribution in [1.82, 2.24) is 4.98 Å². The van der Waals surface area contributed by atoms with Gasteiger partial charge in [-0.05, 0) is 40.8 Å². The maximum absolute atomic E-state index is 11.3. The van der Waals surface area contributed by atoms with E-state index < -0.39 is 9.84 Å². The van der Waals surface area contributed by atoms with E-state index in [1.54, 1.807) is 6.20 Å². The number of hydrogen-bond donors (Lipinski definition) is 2. The highest BCUT2D eigenvalue weighted by molar-refractivity contribution is 9.10. The molecule has 0 amide bonds. The summed E-state index contributed by atoms with van der Waals surface area (Å²) in [7, 11) is -2.82. The van der Waals surface area contributed by atoms with Crippen molar-refractivity contribution in [2.75, 3.05) is 29.1 Å². The third-order valence-corrected chi connectivity index (χ3v) is 6.00. The molecule has 0 aliphatic carbocycles. The summed E-state index contributed by atoms with van der Waals surface area (Å²) in [4.78, 5) is 4.20. The van der Waals surface area contributed by atoms with Crippen molar-refractivity contribution in [3.05, 3.63) is 16.2 Å². The van der Waals surface area contributed by atoms with Crippen molar-refractivity contribution in [3.63, 3.8) is 0 Å². The molecule has 2 heterocycles. The molecule has 1 aliphatic heterocycles. The zero-order valence-electron chi connectivity index (χ0n) is 10.1. The minimum absolute atomic E-state index is 0.168. The summed E-state index contributed by atoms with van der Waals surface area (Å²) in [5, 5.41) is 3.18. The van der Waals surface area contributed by atoms with Crippen LogP contribution in [0.4, 0.5) is 11.5 Å². The van der Waals surface area contributed by atoms with Crippen LogP contribution in [-0.2, 0) is 9.84 Å². The van der Waals surface area contributed by atoms with E-state index in [2.05, 4.69) is 26.2 Å². The zero-order valence-corrected chi connectivity index (χ0v) is 12.5. The fourth-order valence-corrected chi connectivity index (χ4v) is 4.32. The second-order valence-electron chi connectivity index (χ2n) is 4.65. The first-order valence-electron chi connectivity index (χ1n) is 5.74. The van der Waals surface area contributed by atoms with Gasteiger partial charge in [-0.2, -0.15) is 0 Å². The molecule has 1 saturated heterocycles. The molecular formula is C11H16BrN3O2S. The predicted octanol–water partition coefficient (Wildman–Crippen LogP) is 1.58. The minimum Gasteiger partial charge on any atom is -0.397 e. The molecule has 2 rings (SSSR count). The molecule has 100 valence electrons. The molecule has 0 bridgehead atoms. The second-order valence-corrected chi connectivity index (χ2v) is 7.67. The van der Waals surface area contributed by atoms with Gasteiger partial charge in [0.25, 0.3) is 0 Å². The van der Waals surface area contributed by atoms with E-state index in [1.165, 1.54) is 0 Å². The minimum atomic E-state index is -2.82. The van der Waals surface area contributed by atoms with Crippen LogP contribution in [0.5, 0.6) is 0 Å². The van der Waals surface area contributed by atoms with Crippen LogP contribution in [0.3, 0.4) is 0 Å². The summed E-state index contributed by atoms with van der Waals surface area (Å²) in [5.41, 5.74) is 7.32. The third kappa shape index (κ3) is 2.95. The van der Waals surface area contributed by atoms with Crippen LogP contribution >= 0.6 is 15.9 Å². The number of halogens is 1. The van der Waals surface area contributed by atoms with Crippen molar-refractivity contribution < 1.29 is 8.42 Å². The molecule has 1 aromatic rings. The molecule has 1 fully saturated rings. The monoisotopic (exact) mass is 333 g/mol. The number of nitrogen functional groups attached to an aromatic ring is 1. The summed E-state index contributed by atoms with van der Waals surface area (Å²) >= 11 is 3.44. The first-order valence-corrected chi connectivity index (χ1v) is 8.35. The summed E-state index contributed by atoms with van der Waals surface area (Å²) in [6, 6.07) is 0. The van der Waals surface area contributed by atoms with Crippen LogP contribution in [0.15, 0.2) is 10.7 Å². The molecule has 0 aromatic carbocycles. The maximum Gasteiger partial charge on any atom is 0.150 e. The lowest BCUT2D eigenvalue weighted by molar-refractivity contribution is 0.595. The Kier molecular flexibility index (Phi) is 3.82. The number of hydrogen-bond acceptors (Lipinski definition) is 5. The second kappa shape index (κ2) is 5.05. The number of nitrogens with two attached hydrogens (primary N) is 1. The van der Waals surface area contributed by atoms with Gasteiger partial charge in [-0.15, -0.1) is 0 Å². The van der Waals surface area contributed by atoms with Gasteiger partial charge in [-0.3, -0.25) is 0 Å². The largest absolute Gasteiger partial charge is 0.397 e. The Morgan fingerprint density at radius 2 is 2.33 bits per heavy atom. The molecule has 0 radical (unpaired) electrons. The fraction of sp³-hybridized carbons (Fsp3) is 0.545. The first kappa shape index (κ1) is 13.6. The van der Waals surface area contributed by atoms with Crippen molar-refractivity contribution in [1.29, 1.82) is 0 Å². The smallest absolute Gasteiger partial charge is 0.150 e. The van der Waals surface area contributed by atoms with E-state index >= 15 is 0 Å². The van der Waals surface area contributed by atoms with Crippen LogP contribution in [0.2, 0.25) is 0 Å². The Bertz CT molecular complexity index is 560. The summed E-state index contributed by atoms with van der Waals surface area (Å²) < 4.78 is 23.5. The number of rotatable bonds is 3. The Balaban J connectivity index is 2.01. The van der Waals surface area contributed by atoms with Gasteiger partial charge in [0.1, 0.15) is 5.82 Å². The van der Waals surface area contributed by atoms with Gasteiger partial charge in [0.2, 0.25) is 0 Å². The molecule has 0 spiro atoms. The van der Waals surface area contributed by atoms with E-state index in [0.29, 0.717) is 23.8 Å². The molecule has 1 aromatic heterocycles. The number of anilines is 2. The lowest BCUT2D eigenvalue weighted by Gasteiger charge is -2.13. The molecule has 18 heavy (non-hydrogen) atoms. The van der Waals surface area contributed by atoms with Crippen molar-refractivity contribution in [2.45, 2.75) is 13.3 Å². The van der Waals surface area contributed by atoms with Crippen LogP contribution < -0.4 is 11.1 Å². The quantitative estimate of drug-likeness (QED) is 0.877. The number of sulfone groups is 1. The van der Waals surface area contributed by atoms with E-state index in [4.69, 9.17) is 5.73 Å². The molecular weight excluding hydrogens is 318 g/mol. The fourth-order valence-electron chi connectivity index (χ4n) is 1.99. The summed E-state index contributed by atoms with van der Waals surface area (Å²) in [5.74, 6) is 1.45. The molecule has 1 aliphatic rings. The van der Waals surface area contributed by atoms with Crippen LogP contribution in [-0.4, -0.2) is 31.5 Å². The Hall–Kier alpha value is -0.820.